The number of nitriles is 1. The molecule has 0 amide bonds. The normalized spacial score (nSPS) is 15.0. The molecule has 1 heterocycles. The molecule has 0 spiro atoms. The molecule has 1 aliphatic rings. The fourth-order valence-electron chi connectivity index (χ4n) is 1.59. The summed E-state index contributed by atoms with van der Waals surface area (Å²) in [5, 5.41) is 8.70. The first-order chi connectivity index (χ1) is 7.72. The summed E-state index contributed by atoms with van der Waals surface area (Å²) in [5.41, 5.74) is 6.83. The molecule has 0 aromatic carbocycles. The number of pyridine rings is 1. The number of halogens is 1. The molecule has 0 unspecified atom stereocenters. The van der Waals surface area contributed by atoms with Gasteiger partial charge in [0.2, 0.25) is 0 Å². The first-order valence-corrected chi connectivity index (χ1v) is 4.95. The van der Waals surface area contributed by atoms with Gasteiger partial charge in [-0.1, -0.05) is 6.08 Å². The second-order valence-electron chi connectivity index (χ2n) is 3.49. The largest absolute Gasteiger partial charge is 0.383 e. The molecule has 3 nitrogen and oxygen atoms in total. The van der Waals surface area contributed by atoms with Crippen molar-refractivity contribution in [1.29, 1.82) is 5.26 Å². The molecule has 80 valence electrons. The Bertz CT molecular complexity index is 524. The molecule has 0 radical (unpaired) electrons. The number of allylic oxidation sites excluding steroid dienone is 4. The molecule has 0 aliphatic heterocycles. The Balaban J connectivity index is 2.43. The first kappa shape index (κ1) is 10.4. The maximum Gasteiger partial charge on any atom is 0.142 e. The van der Waals surface area contributed by atoms with Crippen LogP contribution in [0.4, 0.5) is 10.2 Å². The van der Waals surface area contributed by atoms with Crippen molar-refractivity contribution >= 4 is 11.4 Å². The van der Waals surface area contributed by atoms with Crippen LogP contribution in [0.5, 0.6) is 0 Å². The van der Waals surface area contributed by atoms with Crippen LogP contribution in [0.15, 0.2) is 30.1 Å². The zero-order valence-corrected chi connectivity index (χ0v) is 8.57. The van der Waals surface area contributed by atoms with Crippen molar-refractivity contribution in [2.75, 3.05) is 5.73 Å². The SMILES string of the molecule is N#Cc1ccc(C2=CCCC=C2F)nc1N. The molecular formula is C12H10FN3. The Morgan fingerprint density at radius 1 is 1.31 bits per heavy atom. The van der Waals surface area contributed by atoms with Gasteiger partial charge in [0.05, 0.1) is 11.3 Å². The highest BCUT2D eigenvalue weighted by Crippen LogP contribution is 2.28. The minimum absolute atomic E-state index is 0.138. The zero-order chi connectivity index (χ0) is 11.5. The molecule has 1 aromatic heterocycles. The van der Waals surface area contributed by atoms with Crippen molar-refractivity contribution in [3.8, 4) is 6.07 Å². The van der Waals surface area contributed by atoms with Gasteiger partial charge in [0, 0.05) is 5.57 Å². The minimum Gasteiger partial charge on any atom is -0.383 e. The van der Waals surface area contributed by atoms with Gasteiger partial charge in [-0.05, 0) is 31.1 Å². The van der Waals surface area contributed by atoms with Crippen LogP contribution in [0.1, 0.15) is 24.1 Å². The van der Waals surface area contributed by atoms with Gasteiger partial charge >= 0.3 is 0 Å². The van der Waals surface area contributed by atoms with Crippen LogP contribution >= 0.6 is 0 Å². The summed E-state index contributed by atoms with van der Waals surface area (Å²) in [5.74, 6) is -0.137. The summed E-state index contributed by atoms with van der Waals surface area (Å²) in [7, 11) is 0. The summed E-state index contributed by atoms with van der Waals surface area (Å²) >= 11 is 0. The molecule has 0 saturated carbocycles. The van der Waals surface area contributed by atoms with Gasteiger partial charge in [0.1, 0.15) is 17.7 Å². The average molecular weight is 215 g/mol. The molecule has 0 fully saturated rings. The van der Waals surface area contributed by atoms with Crippen molar-refractivity contribution in [2.45, 2.75) is 12.8 Å². The Labute approximate surface area is 92.7 Å². The number of aromatic nitrogens is 1. The van der Waals surface area contributed by atoms with Crippen LogP contribution in [0.2, 0.25) is 0 Å². The average Bonchev–Trinajstić information content (AvgIpc) is 2.29. The van der Waals surface area contributed by atoms with E-state index in [4.69, 9.17) is 11.0 Å². The lowest BCUT2D eigenvalue weighted by atomic mass is 10.0. The van der Waals surface area contributed by atoms with Crippen LogP contribution in [0.25, 0.3) is 5.57 Å². The summed E-state index contributed by atoms with van der Waals surface area (Å²) in [6.45, 7) is 0. The van der Waals surface area contributed by atoms with E-state index >= 15 is 0 Å². The summed E-state index contributed by atoms with van der Waals surface area (Å²) in [4.78, 5) is 4.02. The second kappa shape index (κ2) is 4.15. The van der Waals surface area contributed by atoms with Gasteiger partial charge < -0.3 is 5.73 Å². The highest BCUT2D eigenvalue weighted by Gasteiger charge is 2.13. The van der Waals surface area contributed by atoms with Crippen molar-refractivity contribution < 1.29 is 4.39 Å². The van der Waals surface area contributed by atoms with Crippen LogP contribution in [-0.2, 0) is 0 Å². The molecule has 4 heteroatoms. The highest BCUT2D eigenvalue weighted by molar-refractivity contribution is 5.76. The van der Waals surface area contributed by atoms with E-state index in [0.717, 1.165) is 6.42 Å². The summed E-state index contributed by atoms with van der Waals surface area (Å²) in [6.07, 6.45) is 4.83. The number of nitrogens with zero attached hydrogens (tertiary/aromatic N) is 2. The Hall–Kier alpha value is -2.15. The highest BCUT2D eigenvalue weighted by atomic mass is 19.1. The van der Waals surface area contributed by atoms with Gasteiger partial charge in [0.15, 0.2) is 0 Å². The third-order valence-corrected chi connectivity index (χ3v) is 2.42. The zero-order valence-electron chi connectivity index (χ0n) is 8.57. The number of nitrogen functional groups attached to an aromatic ring is 1. The van der Waals surface area contributed by atoms with Crippen LogP contribution in [-0.4, -0.2) is 4.98 Å². The van der Waals surface area contributed by atoms with E-state index in [1.54, 1.807) is 18.2 Å². The summed E-state index contributed by atoms with van der Waals surface area (Å²) < 4.78 is 13.5. The molecular weight excluding hydrogens is 205 g/mol. The molecule has 0 bridgehead atoms. The quantitative estimate of drug-likeness (QED) is 0.783. The number of nitrogens with two attached hydrogens (primary N) is 1. The summed E-state index contributed by atoms with van der Waals surface area (Å²) in [6, 6.07) is 5.09. The second-order valence-corrected chi connectivity index (χ2v) is 3.49. The predicted octanol–water partition coefficient (Wildman–Crippen LogP) is 2.57. The molecule has 1 aliphatic carbocycles. The molecule has 16 heavy (non-hydrogen) atoms. The maximum absolute atomic E-state index is 13.5. The molecule has 0 saturated heterocycles. The molecule has 0 atom stereocenters. The lowest BCUT2D eigenvalue weighted by Crippen LogP contribution is -2.00. The van der Waals surface area contributed by atoms with Gasteiger partial charge in [0.25, 0.3) is 0 Å². The molecule has 2 N–H and O–H groups in total. The Morgan fingerprint density at radius 3 is 2.69 bits per heavy atom. The lowest BCUT2D eigenvalue weighted by Gasteiger charge is -2.09. The number of hydrogen-bond acceptors (Lipinski definition) is 3. The third kappa shape index (κ3) is 1.80. The topological polar surface area (TPSA) is 62.7 Å². The lowest BCUT2D eigenvalue weighted by molar-refractivity contribution is 0.659. The van der Waals surface area contributed by atoms with Crippen LogP contribution < -0.4 is 5.73 Å². The van der Waals surface area contributed by atoms with E-state index < -0.39 is 0 Å². The first-order valence-electron chi connectivity index (χ1n) is 4.95. The number of hydrogen-bond donors (Lipinski definition) is 1. The fraction of sp³-hybridized carbons (Fsp3) is 0.167. The van der Waals surface area contributed by atoms with Crippen LogP contribution in [0, 0.1) is 11.3 Å². The predicted molar refractivity (Wildman–Crippen MR) is 59.8 cm³/mol. The van der Waals surface area contributed by atoms with E-state index in [-0.39, 0.29) is 11.6 Å². The van der Waals surface area contributed by atoms with Crippen molar-refractivity contribution in [3.63, 3.8) is 0 Å². The standard InChI is InChI=1S/C12H10FN3/c13-10-4-2-1-3-9(10)11-6-5-8(7-14)12(15)16-11/h3-6H,1-2H2,(H2,15,16). The monoisotopic (exact) mass is 215 g/mol. The van der Waals surface area contributed by atoms with E-state index in [1.165, 1.54) is 6.08 Å². The Morgan fingerprint density at radius 2 is 2.06 bits per heavy atom. The smallest absolute Gasteiger partial charge is 0.142 e. The van der Waals surface area contributed by atoms with Gasteiger partial charge in [-0.15, -0.1) is 0 Å². The number of anilines is 1. The van der Waals surface area contributed by atoms with E-state index in [2.05, 4.69) is 4.98 Å². The van der Waals surface area contributed by atoms with Gasteiger partial charge in [-0.3, -0.25) is 0 Å². The Kier molecular flexibility index (Phi) is 2.69. The van der Waals surface area contributed by atoms with E-state index in [1.807, 2.05) is 6.07 Å². The van der Waals surface area contributed by atoms with Crippen LogP contribution in [0.3, 0.4) is 0 Å². The number of rotatable bonds is 1. The van der Waals surface area contributed by atoms with Gasteiger partial charge in [-0.25, -0.2) is 9.37 Å². The maximum atomic E-state index is 13.5. The van der Waals surface area contributed by atoms with E-state index in [0.29, 0.717) is 23.3 Å². The molecule has 1 aromatic rings. The van der Waals surface area contributed by atoms with Crippen molar-refractivity contribution in [3.05, 3.63) is 41.4 Å². The molecule has 2 rings (SSSR count). The van der Waals surface area contributed by atoms with Crippen molar-refractivity contribution in [2.24, 2.45) is 0 Å². The third-order valence-electron chi connectivity index (χ3n) is 2.42. The fourth-order valence-corrected chi connectivity index (χ4v) is 1.59. The van der Waals surface area contributed by atoms with Crippen molar-refractivity contribution in [1.82, 2.24) is 4.98 Å². The van der Waals surface area contributed by atoms with Gasteiger partial charge in [-0.2, -0.15) is 5.26 Å². The minimum atomic E-state index is -0.275. The van der Waals surface area contributed by atoms with E-state index in [9.17, 15) is 4.39 Å².